The van der Waals surface area contributed by atoms with E-state index >= 15 is 0 Å². The van der Waals surface area contributed by atoms with Gasteiger partial charge in [0.05, 0.1) is 25.2 Å². The molecule has 0 spiro atoms. The van der Waals surface area contributed by atoms with E-state index in [9.17, 15) is 4.79 Å². The van der Waals surface area contributed by atoms with E-state index in [1.54, 1.807) is 10.9 Å². The molecule has 0 atom stereocenters. The molecule has 0 N–H and O–H groups in total. The first-order valence-corrected chi connectivity index (χ1v) is 8.97. The number of benzene rings is 1. The molecule has 0 unspecified atom stereocenters. The number of nitrogens with zero attached hydrogens (tertiary/aromatic N) is 5. The molecular weight excluding hydrogens is 326 g/mol. The van der Waals surface area contributed by atoms with Crippen LogP contribution in [0.4, 0.5) is 0 Å². The van der Waals surface area contributed by atoms with E-state index in [1.807, 2.05) is 31.4 Å². The second kappa shape index (κ2) is 6.96. The molecule has 3 aromatic rings. The summed E-state index contributed by atoms with van der Waals surface area (Å²) in [5.41, 5.74) is 3.10. The number of likely N-dealkylation sites (tertiary alicyclic amines) is 1. The number of ketones is 1. The minimum Gasteiger partial charge on any atom is -0.306 e. The van der Waals surface area contributed by atoms with E-state index in [4.69, 9.17) is 1.37 Å². The SMILES string of the molecule is [2H]c1c(CC(=O)C2CCN(C)CC2)nnc2ccc(-c3cnn(C)c3)cc12. The van der Waals surface area contributed by atoms with Crippen molar-refractivity contribution in [2.75, 3.05) is 20.1 Å². The van der Waals surface area contributed by atoms with Gasteiger partial charge in [-0.15, -0.1) is 0 Å². The van der Waals surface area contributed by atoms with Crippen LogP contribution < -0.4 is 0 Å². The van der Waals surface area contributed by atoms with E-state index in [1.165, 1.54) is 0 Å². The molecule has 1 aromatic carbocycles. The Balaban J connectivity index is 1.61. The van der Waals surface area contributed by atoms with Crippen LogP contribution in [0.25, 0.3) is 22.0 Å². The fourth-order valence-electron chi connectivity index (χ4n) is 3.49. The van der Waals surface area contributed by atoms with Crippen LogP contribution in [0.15, 0.2) is 36.6 Å². The van der Waals surface area contributed by atoms with Gasteiger partial charge < -0.3 is 4.90 Å². The first-order chi connectivity index (χ1) is 13.0. The first-order valence-electron chi connectivity index (χ1n) is 9.47. The van der Waals surface area contributed by atoms with Gasteiger partial charge in [-0.2, -0.15) is 15.3 Å². The molecular formula is C20H23N5O. The van der Waals surface area contributed by atoms with Crippen molar-refractivity contribution in [3.8, 4) is 11.1 Å². The van der Waals surface area contributed by atoms with Crippen molar-refractivity contribution >= 4 is 16.7 Å². The lowest BCUT2D eigenvalue weighted by molar-refractivity contribution is -0.123. The molecule has 1 saturated heterocycles. The summed E-state index contributed by atoms with van der Waals surface area (Å²) in [7, 11) is 3.95. The lowest BCUT2D eigenvalue weighted by atomic mass is 9.90. The molecule has 1 fully saturated rings. The van der Waals surface area contributed by atoms with E-state index in [-0.39, 0.29) is 18.1 Å². The van der Waals surface area contributed by atoms with Crippen molar-refractivity contribution in [1.29, 1.82) is 0 Å². The van der Waals surface area contributed by atoms with Crippen molar-refractivity contribution in [2.24, 2.45) is 13.0 Å². The molecule has 0 bridgehead atoms. The molecule has 6 nitrogen and oxygen atoms in total. The smallest absolute Gasteiger partial charge is 0.142 e. The number of Topliss-reactive ketones (excluding diaryl/α,β-unsaturated/α-hetero) is 1. The topological polar surface area (TPSA) is 63.9 Å². The van der Waals surface area contributed by atoms with E-state index < -0.39 is 0 Å². The van der Waals surface area contributed by atoms with Gasteiger partial charge in [0.15, 0.2) is 0 Å². The van der Waals surface area contributed by atoms with E-state index in [0.29, 0.717) is 17.3 Å². The van der Waals surface area contributed by atoms with Crippen LogP contribution >= 0.6 is 0 Å². The Bertz CT molecular complexity index is 991. The van der Waals surface area contributed by atoms with Crippen molar-refractivity contribution in [2.45, 2.75) is 19.3 Å². The average molecular weight is 350 g/mol. The zero-order chi connectivity index (χ0) is 19.0. The average Bonchev–Trinajstić information content (AvgIpc) is 3.11. The Kier molecular flexibility index (Phi) is 4.18. The predicted molar refractivity (Wildman–Crippen MR) is 101 cm³/mol. The van der Waals surface area contributed by atoms with Gasteiger partial charge in [0.2, 0.25) is 0 Å². The standard InChI is InChI=1S/C20H23N5O/c1-24-7-5-14(6-8-24)20(26)11-18-10-16-9-15(3-4-19(16)23-22-18)17-12-21-25(2)13-17/h3-4,9-10,12-14H,5-8,11H2,1-2H3/i10D. The van der Waals surface area contributed by atoms with Crippen molar-refractivity contribution in [1.82, 2.24) is 24.9 Å². The lowest BCUT2D eigenvalue weighted by Gasteiger charge is -2.27. The van der Waals surface area contributed by atoms with Gasteiger partial charge in [-0.3, -0.25) is 9.48 Å². The van der Waals surface area contributed by atoms with E-state index in [2.05, 4.69) is 27.2 Å². The molecule has 2 aromatic heterocycles. The molecule has 26 heavy (non-hydrogen) atoms. The van der Waals surface area contributed by atoms with Crippen molar-refractivity contribution in [3.63, 3.8) is 0 Å². The first kappa shape index (κ1) is 15.6. The highest BCUT2D eigenvalue weighted by atomic mass is 16.1. The van der Waals surface area contributed by atoms with Crippen LogP contribution in [0.2, 0.25) is 0 Å². The molecule has 0 saturated carbocycles. The van der Waals surface area contributed by atoms with Crippen LogP contribution in [0, 0.1) is 5.92 Å². The highest BCUT2D eigenvalue weighted by molar-refractivity contribution is 5.86. The molecule has 134 valence electrons. The summed E-state index contributed by atoms with van der Waals surface area (Å²) in [6.45, 7) is 1.89. The monoisotopic (exact) mass is 350 g/mol. The number of hydrogen-bond donors (Lipinski definition) is 0. The van der Waals surface area contributed by atoms with Crippen molar-refractivity contribution in [3.05, 3.63) is 42.3 Å². The number of fused-ring (bicyclic) bond motifs is 1. The molecule has 3 heterocycles. The van der Waals surface area contributed by atoms with Gasteiger partial charge in [-0.1, -0.05) is 6.07 Å². The van der Waals surface area contributed by atoms with Crippen LogP contribution in [-0.4, -0.2) is 50.8 Å². The van der Waals surface area contributed by atoms with Gasteiger partial charge >= 0.3 is 0 Å². The summed E-state index contributed by atoms with van der Waals surface area (Å²) in [6.07, 6.45) is 5.69. The maximum atomic E-state index is 12.7. The molecule has 0 aliphatic carbocycles. The van der Waals surface area contributed by atoms with Crippen LogP contribution in [0.5, 0.6) is 0 Å². The third-order valence-electron chi connectivity index (χ3n) is 5.11. The Hall–Kier alpha value is -2.60. The highest BCUT2D eigenvalue weighted by Crippen LogP contribution is 2.24. The van der Waals surface area contributed by atoms with Gasteiger partial charge in [0.1, 0.15) is 5.78 Å². The molecule has 0 amide bonds. The number of aromatic nitrogens is 4. The number of hydrogen-bond acceptors (Lipinski definition) is 5. The van der Waals surface area contributed by atoms with E-state index in [0.717, 1.165) is 42.4 Å². The summed E-state index contributed by atoms with van der Waals surface area (Å²) in [5, 5.41) is 13.3. The van der Waals surface area contributed by atoms with Crippen LogP contribution in [0.1, 0.15) is 19.9 Å². The summed E-state index contributed by atoms with van der Waals surface area (Å²) in [6, 6.07) is 6.06. The maximum Gasteiger partial charge on any atom is 0.142 e. The van der Waals surface area contributed by atoms with Gasteiger partial charge in [-0.25, -0.2) is 0 Å². The Morgan fingerprint density at radius 3 is 2.77 bits per heavy atom. The minimum absolute atomic E-state index is 0.0693. The third-order valence-corrected chi connectivity index (χ3v) is 5.11. The Morgan fingerprint density at radius 1 is 1.23 bits per heavy atom. The van der Waals surface area contributed by atoms with Gasteiger partial charge in [0.25, 0.3) is 0 Å². The minimum atomic E-state index is 0.0693. The molecule has 0 radical (unpaired) electrons. The second-order valence-electron chi connectivity index (χ2n) is 7.13. The van der Waals surface area contributed by atoms with Gasteiger partial charge in [0, 0.05) is 30.1 Å². The van der Waals surface area contributed by atoms with Crippen LogP contribution in [0.3, 0.4) is 0 Å². The largest absolute Gasteiger partial charge is 0.306 e. The molecule has 4 rings (SSSR count). The number of rotatable bonds is 4. The predicted octanol–water partition coefficient (Wildman–Crippen LogP) is 2.48. The normalized spacial score (nSPS) is 16.8. The molecule has 1 aliphatic heterocycles. The quantitative estimate of drug-likeness (QED) is 0.723. The second-order valence-corrected chi connectivity index (χ2v) is 7.13. The maximum absolute atomic E-state index is 12.7. The number of carbonyl (C=O) groups excluding carboxylic acids is 1. The van der Waals surface area contributed by atoms with Gasteiger partial charge in [-0.05, 0) is 56.7 Å². The lowest BCUT2D eigenvalue weighted by Crippen LogP contribution is -2.34. The fraction of sp³-hybridized carbons (Fsp3) is 0.400. The Labute approximate surface area is 154 Å². The summed E-state index contributed by atoms with van der Waals surface area (Å²) < 4.78 is 10.3. The Morgan fingerprint density at radius 2 is 2.04 bits per heavy atom. The van der Waals surface area contributed by atoms with Crippen molar-refractivity contribution < 1.29 is 6.17 Å². The third kappa shape index (κ3) is 3.51. The number of carbonyl (C=O) groups is 1. The zero-order valence-corrected chi connectivity index (χ0v) is 15.1. The summed E-state index contributed by atoms with van der Waals surface area (Å²) in [4.78, 5) is 14.9. The molecule has 6 heteroatoms. The van der Waals surface area contributed by atoms with Crippen LogP contribution in [-0.2, 0) is 18.3 Å². The number of aryl methyl sites for hydroxylation is 1. The zero-order valence-electron chi connectivity index (χ0n) is 16.1. The highest BCUT2D eigenvalue weighted by Gasteiger charge is 2.23. The summed E-state index contributed by atoms with van der Waals surface area (Å²) >= 11 is 0. The fourth-order valence-corrected chi connectivity index (χ4v) is 3.49. The summed E-state index contributed by atoms with van der Waals surface area (Å²) in [5.74, 6) is 0.244. The number of piperidine rings is 1. The molecule has 1 aliphatic rings.